The molecule has 6 N–H and O–H groups in total. The summed E-state index contributed by atoms with van der Waals surface area (Å²) in [5.41, 5.74) is 3.32. The predicted octanol–water partition coefficient (Wildman–Crippen LogP) is 4.92. The number of rotatable bonds is 18. The first-order valence-corrected chi connectivity index (χ1v) is 20.5. The van der Waals surface area contributed by atoms with Gasteiger partial charge in [-0.3, -0.25) is 24.0 Å². The average molecular weight is 827 g/mol. The molecule has 58 heavy (non-hydrogen) atoms. The van der Waals surface area contributed by atoms with Crippen LogP contribution in [0, 0.1) is 19.7 Å². The van der Waals surface area contributed by atoms with E-state index in [2.05, 4.69) is 25.8 Å². The van der Waals surface area contributed by atoms with Crippen molar-refractivity contribution in [3.63, 3.8) is 0 Å². The molecule has 3 aromatic rings. The van der Waals surface area contributed by atoms with E-state index < -0.39 is 73.5 Å². The molecule has 2 heterocycles. The van der Waals surface area contributed by atoms with Crippen LogP contribution in [0.5, 0.6) is 5.75 Å². The molecular weight excluding hydrogens is 774 g/mol. The minimum atomic E-state index is -4.20. The van der Waals surface area contributed by atoms with Gasteiger partial charge in [-0.05, 0) is 110 Å². The van der Waals surface area contributed by atoms with Crippen LogP contribution in [0.3, 0.4) is 0 Å². The van der Waals surface area contributed by atoms with Gasteiger partial charge in [0.05, 0.1) is 23.3 Å². The summed E-state index contributed by atoms with van der Waals surface area (Å²) < 4.78 is 44.1. The molecule has 0 saturated carbocycles. The Morgan fingerprint density at radius 2 is 1.52 bits per heavy atom. The zero-order valence-corrected chi connectivity index (χ0v) is 34.9. The Kier molecular flexibility index (Phi) is 15.2. The van der Waals surface area contributed by atoms with Crippen molar-refractivity contribution in [2.45, 2.75) is 92.7 Å². The molecule has 0 aliphatic carbocycles. The Hall–Kier alpha value is -5.35. The van der Waals surface area contributed by atoms with Crippen molar-refractivity contribution < 1.29 is 52.0 Å². The average Bonchev–Trinajstić information content (AvgIpc) is 3.61. The van der Waals surface area contributed by atoms with Crippen molar-refractivity contribution in [3.05, 3.63) is 81.9 Å². The molecule has 18 heteroatoms. The number of anilines is 1. The number of aliphatic hydroxyl groups is 1. The topological polar surface area (TPSA) is 217 Å². The lowest BCUT2D eigenvalue weighted by atomic mass is 10.0. The van der Waals surface area contributed by atoms with Crippen LogP contribution in [0.4, 0.5) is 10.1 Å². The van der Waals surface area contributed by atoms with E-state index in [0.29, 0.717) is 33.8 Å². The number of amides is 3. The van der Waals surface area contributed by atoms with Gasteiger partial charge in [0.25, 0.3) is 17.7 Å². The van der Waals surface area contributed by atoms with Crippen LogP contribution in [0.1, 0.15) is 93.0 Å². The van der Waals surface area contributed by atoms with E-state index in [0.717, 1.165) is 0 Å². The lowest BCUT2D eigenvalue weighted by Crippen LogP contribution is -2.43. The van der Waals surface area contributed by atoms with Gasteiger partial charge < -0.3 is 39.6 Å². The van der Waals surface area contributed by atoms with Gasteiger partial charge in [0.1, 0.15) is 23.7 Å². The van der Waals surface area contributed by atoms with Gasteiger partial charge in [-0.2, -0.15) is 0 Å². The summed E-state index contributed by atoms with van der Waals surface area (Å²) in [6.45, 7) is 15.0. The summed E-state index contributed by atoms with van der Waals surface area (Å²) in [5.74, 6) is -3.31. The molecule has 1 aromatic heterocycles. The number of halogens is 1. The lowest BCUT2D eigenvalue weighted by Gasteiger charge is -2.27. The maximum absolute atomic E-state index is 14.0. The molecule has 3 atom stereocenters. The number of aromatic amines is 1. The monoisotopic (exact) mass is 826 g/mol. The van der Waals surface area contributed by atoms with Crippen molar-refractivity contribution in [2.24, 2.45) is 0 Å². The molecule has 0 bridgehead atoms. The van der Waals surface area contributed by atoms with Gasteiger partial charge in [0.2, 0.25) is 0 Å². The van der Waals surface area contributed by atoms with Gasteiger partial charge in [0, 0.05) is 42.3 Å². The third-order valence-electron chi connectivity index (χ3n) is 8.92. The van der Waals surface area contributed by atoms with Gasteiger partial charge in [-0.15, -0.1) is 0 Å². The molecule has 16 nitrogen and oxygen atoms in total. The zero-order chi connectivity index (χ0) is 43.1. The third kappa shape index (κ3) is 11.4. The number of aryl methyl sites for hydroxylation is 1. The number of aromatic nitrogens is 1. The number of fused-ring (bicyclic) bond motifs is 1. The molecule has 2 aromatic carbocycles. The van der Waals surface area contributed by atoms with E-state index in [4.69, 9.17) is 14.0 Å². The smallest absolute Gasteiger partial charge is 0.391 e. The fourth-order valence-electron chi connectivity index (χ4n) is 6.07. The SMILES string of the molecule is CCN(CCNC(=O)c1c(C)[nH]c(/C=C2\C(=O)Nc3ccc(F)cc32)c1C)C(=O)C(O)c1ccc(OP(=O)(N[C@@H](C)C(=O)OC(C)C)N[C@@H](C)C(=O)OC(C)C)cc1. The summed E-state index contributed by atoms with van der Waals surface area (Å²) in [6, 6.07) is 7.33. The highest BCUT2D eigenvalue weighted by molar-refractivity contribution is 7.55. The van der Waals surface area contributed by atoms with Crippen molar-refractivity contribution in [1.82, 2.24) is 25.4 Å². The molecule has 0 radical (unpaired) electrons. The first kappa shape index (κ1) is 45.4. The van der Waals surface area contributed by atoms with E-state index in [1.54, 1.807) is 54.5 Å². The second-order valence-corrected chi connectivity index (χ2v) is 16.1. The standard InChI is InChI=1S/C40H52FN6O10P/c1-10-47(18-17-42-37(50)34-23(6)33(43-24(34)7)20-31-30-19-28(41)13-16-32(30)44-36(31)49)38(51)35(48)27-11-14-29(15-12-27)57-58(54,45-25(8)39(52)55-21(2)3)46-26(9)40(53)56-22(4)5/h11-16,19-22,25-26,35,43,48H,10,17-18H2,1-9H3,(H,42,50)(H,44,49)(H2,45,46,54)/b31-20-/t25-,26-,35?/m0/s1. The Labute approximate surface area is 336 Å². The summed E-state index contributed by atoms with van der Waals surface area (Å²) in [6.07, 6.45) is -0.897. The number of hydrogen-bond acceptors (Lipinski definition) is 10. The summed E-state index contributed by atoms with van der Waals surface area (Å²) in [5, 5.41) is 21.7. The maximum Gasteiger partial charge on any atom is 0.391 e. The second kappa shape index (κ2) is 19.4. The van der Waals surface area contributed by atoms with Crippen LogP contribution < -0.4 is 25.3 Å². The largest absolute Gasteiger partial charge is 0.462 e. The number of nitrogens with zero attached hydrogens (tertiary/aromatic N) is 1. The minimum absolute atomic E-state index is 0.0237. The highest BCUT2D eigenvalue weighted by atomic mass is 31.2. The number of hydrogen-bond donors (Lipinski definition) is 6. The number of carbonyl (C=O) groups excluding carboxylic acids is 5. The molecular formula is C40H52FN6O10P. The minimum Gasteiger partial charge on any atom is -0.462 e. The molecule has 4 rings (SSSR count). The molecule has 0 fully saturated rings. The molecule has 1 unspecified atom stereocenters. The van der Waals surface area contributed by atoms with Gasteiger partial charge in [0.15, 0.2) is 6.10 Å². The Morgan fingerprint density at radius 1 is 0.931 bits per heavy atom. The number of likely N-dealkylation sites (N-methyl/N-ethyl adjacent to an activating group) is 1. The Morgan fingerprint density at radius 3 is 2.07 bits per heavy atom. The van der Waals surface area contributed by atoms with Crippen LogP contribution in [-0.4, -0.2) is 88.6 Å². The van der Waals surface area contributed by atoms with E-state index in [-0.39, 0.29) is 36.5 Å². The van der Waals surface area contributed by atoms with Crippen molar-refractivity contribution in [2.75, 3.05) is 25.0 Å². The molecule has 3 amide bonds. The fraction of sp³-hybridized carbons (Fsp3) is 0.425. The quantitative estimate of drug-likeness (QED) is 0.0573. The number of aliphatic hydroxyl groups excluding tert-OH is 1. The Balaban J connectivity index is 1.40. The molecule has 0 spiro atoms. The van der Waals surface area contributed by atoms with Crippen LogP contribution in [-0.2, 0) is 33.2 Å². The van der Waals surface area contributed by atoms with Gasteiger partial charge in [-0.1, -0.05) is 12.1 Å². The predicted molar refractivity (Wildman–Crippen MR) is 215 cm³/mol. The third-order valence-corrected chi connectivity index (χ3v) is 10.8. The zero-order valence-electron chi connectivity index (χ0n) is 34.0. The number of ether oxygens (including phenoxy) is 2. The number of nitrogens with one attached hydrogen (secondary N) is 5. The first-order valence-electron chi connectivity index (χ1n) is 18.9. The Bertz CT molecular complexity index is 2070. The highest BCUT2D eigenvalue weighted by Gasteiger charge is 2.35. The van der Waals surface area contributed by atoms with E-state index >= 15 is 0 Å². The normalized spacial score (nSPS) is 14.8. The van der Waals surface area contributed by atoms with Crippen LogP contribution in [0.15, 0.2) is 42.5 Å². The van der Waals surface area contributed by atoms with Crippen molar-refractivity contribution in [1.29, 1.82) is 0 Å². The summed E-state index contributed by atoms with van der Waals surface area (Å²) in [4.78, 5) is 68.9. The molecule has 1 aliphatic rings. The number of esters is 2. The first-order chi connectivity index (χ1) is 27.2. The van der Waals surface area contributed by atoms with E-state index in [9.17, 15) is 38.0 Å². The number of H-pyrrole nitrogens is 1. The van der Waals surface area contributed by atoms with Crippen molar-refractivity contribution >= 4 is 54.7 Å². The number of benzene rings is 2. The summed E-state index contributed by atoms with van der Waals surface area (Å²) in [7, 11) is -4.20. The maximum atomic E-state index is 14.0. The van der Waals surface area contributed by atoms with Crippen LogP contribution in [0.25, 0.3) is 11.6 Å². The van der Waals surface area contributed by atoms with Gasteiger partial charge in [-0.25, -0.2) is 19.1 Å². The highest BCUT2D eigenvalue weighted by Crippen LogP contribution is 2.41. The van der Waals surface area contributed by atoms with E-state index in [1.807, 2.05) is 0 Å². The lowest BCUT2D eigenvalue weighted by molar-refractivity contribution is -0.149. The van der Waals surface area contributed by atoms with Crippen LogP contribution in [0.2, 0.25) is 0 Å². The molecule has 314 valence electrons. The number of carbonyl (C=O) groups is 5. The summed E-state index contributed by atoms with van der Waals surface area (Å²) >= 11 is 0. The van der Waals surface area contributed by atoms with Gasteiger partial charge >= 0.3 is 19.6 Å². The molecule has 0 saturated heterocycles. The van der Waals surface area contributed by atoms with E-state index in [1.165, 1.54) is 61.2 Å². The van der Waals surface area contributed by atoms with Crippen molar-refractivity contribution in [3.8, 4) is 5.75 Å². The van der Waals surface area contributed by atoms with Crippen LogP contribution >= 0.6 is 7.67 Å². The fourth-order valence-corrected chi connectivity index (χ4v) is 7.90. The molecule has 1 aliphatic heterocycles. The second-order valence-electron chi connectivity index (χ2n) is 14.3.